The molecule has 0 aromatic heterocycles. The number of hydrogen-bond acceptors (Lipinski definition) is 4. The first-order valence-electron chi connectivity index (χ1n) is 8.95. The molecule has 189 valence electrons. The fraction of sp³-hybridized carbons (Fsp3) is 0.111. The van der Waals surface area contributed by atoms with Gasteiger partial charge in [-0.15, -0.1) is 0 Å². The Bertz CT molecular complexity index is 975. The van der Waals surface area contributed by atoms with E-state index in [0.717, 1.165) is 11.1 Å². The van der Waals surface area contributed by atoms with Crippen LogP contribution in [0, 0.1) is 0 Å². The van der Waals surface area contributed by atoms with Gasteiger partial charge in [-0.05, 0) is 11.1 Å². The monoisotopic (exact) mass is 541 g/mol. The van der Waals surface area contributed by atoms with Gasteiger partial charge in [0, 0.05) is 10.4 Å². The smallest absolute Gasteiger partial charge is 0.759 e. The van der Waals surface area contributed by atoms with Crippen LogP contribution in [0.25, 0.3) is 11.5 Å². The first-order chi connectivity index (χ1) is 15.4. The Labute approximate surface area is 208 Å². The zero-order chi connectivity index (χ0) is 25.3. The minimum atomic E-state index is -5.17. The molecule has 0 aliphatic heterocycles. The Hall–Kier alpha value is -3.69. The van der Waals surface area contributed by atoms with Gasteiger partial charge in [0.2, 0.25) is 0 Å². The van der Waals surface area contributed by atoms with Crippen LogP contribution < -0.4 is 32.9 Å². The average Bonchev–Trinajstić information content (AvgIpc) is 2.71. The molecule has 0 saturated carbocycles. The first kappa shape index (κ1) is 32.5. The molecule has 0 aliphatic carbocycles. The molecule has 0 spiro atoms. The van der Waals surface area contributed by atoms with Crippen molar-refractivity contribution in [1.29, 1.82) is 0 Å². The van der Waals surface area contributed by atoms with Gasteiger partial charge in [-0.2, -0.15) is 0 Å². The minimum Gasteiger partial charge on any atom is -0.759 e. The Morgan fingerprint density at radius 1 is 0.735 bits per heavy atom. The third-order valence-corrected chi connectivity index (χ3v) is 3.11. The third kappa shape index (κ3) is 23.0. The molecule has 0 amide bonds. The molecule has 34 heavy (non-hydrogen) atoms. The zero-order valence-electron chi connectivity index (χ0n) is 17.7. The largest absolute Gasteiger partial charge is 2.00 e. The molecule has 2 aromatic carbocycles. The summed E-state index contributed by atoms with van der Waals surface area (Å²) in [5.41, 5.74) is 36.9. The fourth-order valence-corrected chi connectivity index (χ4v) is 1.92. The molecule has 0 saturated heterocycles. The standard InChI is InChI=1S/2C9H12N5.Cu.H2O4S/c2*10-8(11)14-9(12)13-6-7-4-2-1-3-5-7;;1-5(2,3)4/h2*1-5H,6H2,(H5-,10,11,12,13,14);;(H2,1,2,3,4)/q2*-1;+2;. The Morgan fingerprint density at radius 2 is 1.00 bits per heavy atom. The number of hydrogen-bond donors (Lipinski definition) is 6. The van der Waals surface area contributed by atoms with Crippen LogP contribution in [0.1, 0.15) is 11.1 Å². The Balaban J connectivity index is 0. The van der Waals surface area contributed by atoms with Crippen LogP contribution in [0.15, 0.2) is 70.6 Å². The van der Waals surface area contributed by atoms with Crippen LogP contribution >= 0.6 is 0 Å². The van der Waals surface area contributed by atoms with Gasteiger partial charge in [0.05, 0.1) is 13.1 Å². The van der Waals surface area contributed by atoms with E-state index in [-0.39, 0.29) is 40.9 Å². The van der Waals surface area contributed by atoms with E-state index in [1.165, 1.54) is 0 Å². The van der Waals surface area contributed by atoms with Crippen molar-refractivity contribution in [2.45, 2.75) is 13.1 Å². The first-order valence-corrected chi connectivity index (χ1v) is 10.3. The second-order valence-electron chi connectivity index (χ2n) is 5.85. The number of rotatable bonds is 4. The van der Waals surface area contributed by atoms with Gasteiger partial charge in [-0.25, -0.2) is 0 Å². The molecule has 0 heterocycles. The average molecular weight is 542 g/mol. The van der Waals surface area contributed by atoms with E-state index in [4.69, 9.17) is 51.9 Å². The van der Waals surface area contributed by atoms with Crippen molar-refractivity contribution in [3.05, 3.63) is 83.3 Å². The minimum absolute atomic E-state index is 0. The number of nitrogens with two attached hydrogens (primary N) is 4. The summed E-state index contributed by atoms with van der Waals surface area (Å²) < 4.78 is 34.1. The summed E-state index contributed by atoms with van der Waals surface area (Å²) in [6.07, 6.45) is 0. The van der Waals surface area contributed by atoms with Crippen LogP contribution in [0.5, 0.6) is 0 Å². The van der Waals surface area contributed by atoms with Crippen molar-refractivity contribution in [2.75, 3.05) is 0 Å². The van der Waals surface area contributed by atoms with Crippen LogP contribution in [0.4, 0.5) is 0 Å². The van der Waals surface area contributed by atoms with E-state index >= 15 is 0 Å². The van der Waals surface area contributed by atoms with Gasteiger partial charge in [-0.1, -0.05) is 70.6 Å². The third-order valence-electron chi connectivity index (χ3n) is 3.11. The molecular formula is C18H26CuN10O4S. The normalized spacial score (nSPS) is 12.3. The number of nitrogens with zero attached hydrogens (tertiary/aromatic N) is 2. The van der Waals surface area contributed by atoms with E-state index in [1.807, 2.05) is 60.7 Å². The van der Waals surface area contributed by atoms with E-state index in [2.05, 4.69) is 20.0 Å². The number of aliphatic imine (C=N–C) groups is 2. The maximum Gasteiger partial charge on any atom is 2.00 e. The van der Waals surface area contributed by atoms with Crippen molar-refractivity contribution in [3.8, 4) is 0 Å². The van der Waals surface area contributed by atoms with E-state index in [0.29, 0.717) is 13.1 Å². The maximum absolute atomic E-state index is 8.52. The molecule has 1 radical (unpaired) electrons. The Morgan fingerprint density at radius 3 is 1.24 bits per heavy atom. The second-order valence-corrected chi connectivity index (χ2v) is 6.67. The molecule has 2 aromatic rings. The summed E-state index contributed by atoms with van der Waals surface area (Å²) in [5, 5.41) is 0. The van der Waals surface area contributed by atoms with Gasteiger partial charge >= 0.3 is 29.0 Å². The zero-order valence-corrected chi connectivity index (χ0v) is 19.5. The van der Waals surface area contributed by atoms with Crippen molar-refractivity contribution < 1.29 is 44.6 Å². The molecule has 0 aliphatic rings. The molecule has 0 atom stereocenters. The van der Waals surface area contributed by atoms with Crippen molar-refractivity contribution in [3.63, 3.8) is 0 Å². The van der Waals surface area contributed by atoms with Gasteiger partial charge in [-0.3, -0.25) is 29.9 Å². The summed E-state index contributed by atoms with van der Waals surface area (Å²) in [4.78, 5) is 12.7. The predicted octanol–water partition coefficient (Wildman–Crippen LogP) is -3.44. The van der Waals surface area contributed by atoms with Crippen LogP contribution in [-0.4, -0.2) is 41.4 Å². The summed E-state index contributed by atoms with van der Waals surface area (Å²) in [7, 11) is -5.17. The summed E-state index contributed by atoms with van der Waals surface area (Å²) in [5.74, 6) is -0.297. The van der Waals surface area contributed by atoms with Crippen molar-refractivity contribution in [1.82, 2.24) is 0 Å². The fourth-order valence-electron chi connectivity index (χ4n) is 1.92. The Kier molecular flexibility index (Phi) is 17.0. The van der Waals surface area contributed by atoms with Crippen LogP contribution in [0.2, 0.25) is 0 Å². The topological polar surface area (TPSA) is 285 Å². The quantitative estimate of drug-likeness (QED) is 0.0741. The second kappa shape index (κ2) is 17.8. The summed E-state index contributed by atoms with van der Waals surface area (Å²) >= 11 is 0. The van der Waals surface area contributed by atoms with E-state index in [9.17, 15) is 0 Å². The number of nitrogens with one attached hydrogen (secondary N) is 4. The van der Waals surface area contributed by atoms with Crippen LogP contribution in [0.3, 0.4) is 0 Å². The van der Waals surface area contributed by atoms with Crippen molar-refractivity contribution in [2.24, 2.45) is 32.9 Å². The van der Waals surface area contributed by atoms with E-state index < -0.39 is 10.4 Å². The number of benzene rings is 2. The number of guanidine groups is 4. The van der Waals surface area contributed by atoms with Gasteiger partial charge < -0.3 is 32.0 Å². The predicted molar refractivity (Wildman–Crippen MR) is 123 cm³/mol. The molecule has 2 rings (SSSR count). The van der Waals surface area contributed by atoms with Crippen LogP contribution in [-0.2, 0) is 40.6 Å². The SMILES string of the molecule is O=S(=O)([O-])[O-].[Cu+2].[NH-]/C(N)=N/C(N)=[NH+]Cc1ccccc1.[NH-]/C(N)=N/C(N)=[NH+]Cc1ccccc1. The maximum atomic E-state index is 8.52. The summed E-state index contributed by atoms with van der Waals surface area (Å²) in [6.45, 7) is 1.15. The molecule has 0 bridgehead atoms. The van der Waals surface area contributed by atoms with Gasteiger partial charge in [0.15, 0.2) is 11.9 Å². The molecule has 0 fully saturated rings. The molecule has 16 heteroatoms. The summed E-state index contributed by atoms with van der Waals surface area (Å²) in [6, 6.07) is 19.5. The van der Waals surface area contributed by atoms with Crippen molar-refractivity contribution >= 4 is 34.2 Å². The van der Waals surface area contributed by atoms with Gasteiger partial charge in [0.25, 0.3) is 0 Å². The molecule has 14 nitrogen and oxygen atoms in total. The van der Waals surface area contributed by atoms with E-state index in [1.54, 1.807) is 0 Å². The molecule has 0 unspecified atom stereocenters. The van der Waals surface area contributed by atoms with Gasteiger partial charge in [0.1, 0.15) is 0 Å². The molecular weight excluding hydrogens is 516 g/mol. The molecule has 12 N–H and O–H groups in total.